The highest BCUT2D eigenvalue weighted by molar-refractivity contribution is 9.11. The van der Waals surface area contributed by atoms with Crippen LogP contribution in [0.15, 0.2) is 82.9 Å². The van der Waals surface area contributed by atoms with Gasteiger partial charge >= 0.3 is 0 Å². The fourth-order valence-electron chi connectivity index (χ4n) is 2.79. The third-order valence-electron chi connectivity index (χ3n) is 3.87. The number of hydrogen-bond acceptors (Lipinski definition) is 0. The molecule has 1 unspecified atom stereocenters. The first-order valence-electron chi connectivity index (χ1n) is 7.22. The molecule has 0 bridgehead atoms. The second-order valence-corrected chi connectivity index (χ2v) is 8.60. The van der Waals surface area contributed by atoms with Crippen molar-refractivity contribution in [1.29, 1.82) is 0 Å². The summed E-state index contributed by atoms with van der Waals surface area (Å²) in [6.45, 7) is 2.37. The minimum atomic E-state index is -0.378. The lowest BCUT2D eigenvalue weighted by atomic mass is 10.2. The molecule has 1 aliphatic rings. The fourth-order valence-corrected chi connectivity index (χ4v) is 6.40. The molecule has 0 N–H and O–H groups in total. The summed E-state index contributed by atoms with van der Waals surface area (Å²) in [5.41, 5.74) is 2.06. The second-order valence-electron chi connectivity index (χ2n) is 5.20. The van der Waals surface area contributed by atoms with Crippen LogP contribution in [0, 0.1) is 0 Å². The van der Waals surface area contributed by atoms with E-state index in [0.717, 1.165) is 6.42 Å². The summed E-state index contributed by atoms with van der Waals surface area (Å²) in [5.74, 6) is 0. The first-order valence-corrected chi connectivity index (χ1v) is 9.42. The third-order valence-corrected chi connectivity index (χ3v) is 7.44. The van der Waals surface area contributed by atoms with Gasteiger partial charge in [0.05, 0.1) is 0 Å². The molecule has 1 atom stereocenters. The Bertz CT molecular complexity index is 619. The summed E-state index contributed by atoms with van der Waals surface area (Å²) >= 11 is 3.72. The van der Waals surface area contributed by atoms with Gasteiger partial charge in [0.2, 0.25) is 0 Å². The van der Waals surface area contributed by atoms with E-state index in [0.29, 0.717) is 5.66 Å². The van der Waals surface area contributed by atoms with Crippen molar-refractivity contribution in [2.24, 2.45) is 0 Å². The van der Waals surface area contributed by atoms with Crippen molar-refractivity contribution in [3.8, 4) is 0 Å². The van der Waals surface area contributed by atoms with Crippen molar-refractivity contribution in [1.82, 2.24) is 0 Å². The zero-order valence-electron chi connectivity index (χ0n) is 12.0. The van der Waals surface area contributed by atoms with Gasteiger partial charge in [-0.15, -0.1) is 0 Å². The Morgan fingerprint density at radius 2 is 1.43 bits per heavy atom. The van der Waals surface area contributed by atoms with E-state index >= 15 is 0 Å². The van der Waals surface area contributed by atoms with Gasteiger partial charge in [0, 0.05) is 10.1 Å². The SMILES string of the molecule is CC(C1=C(Br)C=CC1)P(c1ccccc1)c1ccccc1. The van der Waals surface area contributed by atoms with Gasteiger partial charge in [-0.25, -0.2) is 0 Å². The Hall–Kier alpha value is -1.17. The fraction of sp³-hybridized carbons (Fsp3) is 0.158. The molecule has 0 radical (unpaired) electrons. The standard InChI is InChI=1S/C19H18BrP/c1-15(18-13-8-14-19(18)20)21(16-9-4-2-5-10-16)17-11-6-3-7-12-17/h2-12,14-15H,13H2,1H3. The maximum atomic E-state index is 3.72. The maximum absolute atomic E-state index is 3.72. The highest BCUT2D eigenvalue weighted by Crippen LogP contribution is 2.46. The van der Waals surface area contributed by atoms with Gasteiger partial charge < -0.3 is 0 Å². The Morgan fingerprint density at radius 3 is 1.86 bits per heavy atom. The molecule has 2 heteroatoms. The Kier molecular flexibility index (Phi) is 4.73. The molecule has 0 amide bonds. The van der Waals surface area contributed by atoms with Crippen LogP contribution in [0.25, 0.3) is 0 Å². The number of allylic oxidation sites excluding steroid dienone is 4. The Balaban J connectivity index is 2.03. The second kappa shape index (κ2) is 6.73. The van der Waals surface area contributed by atoms with Crippen molar-refractivity contribution in [3.05, 3.63) is 82.9 Å². The molecule has 3 rings (SSSR count). The molecule has 2 aromatic carbocycles. The van der Waals surface area contributed by atoms with Crippen LogP contribution >= 0.6 is 23.9 Å². The van der Waals surface area contributed by atoms with Gasteiger partial charge in [-0.2, -0.15) is 0 Å². The molecule has 0 saturated heterocycles. The van der Waals surface area contributed by atoms with Gasteiger partial charge in [-0.3, -0.25) is 0 Å². The molecule has 0 nitrogen and oxygen atoms in total. The topological polar surface area (TPSA) is 0 Å². The molecular weight excluding hydrogens is 339 g/mol. The van der Waals surface area contributed by atoms with Crippen LogP contribution < -0.4 is 10.6 Å². The largest absolute Gasteiger partial charge is 0.0793 e. The molecule has 2 aromatic rings. The summed E-state index contributed by atoms with van der Waals surface area (Å²) in [4.78, 5) is 0. The predicted molar refractivity (Wildman–Crippen MR) is 98.2 cm³/mol. The Labute approximate surface area is 136 Å². The number of rotatable bonds is 4. The molecule has 0 aromatic heterocycles. The maximum Gasteiger partial charge on any atom is 0.0173 e. The summed E-state index contributed by atoms with van der Waals surface area (Å²) in [6, 6.07) is 21.9. The average Bonchev–Trinajstić information content (AvgIpc) is 2.96. The van der Waals surface area contributed by atoms with Crippen molar-refractivity contribution in [2.75, 3.05) is 0 Å². The van der Waals surface area contributed by atoms with E-state index in [1.807, 2.05) is 0 Å². The molecule has 21 heavy (non-hydrogen) atoms. The monoisotopic (exact) mass is 356 g/mol. The molecular formula is C19H18BrP. The molecule has 0 aliphatic heterocycles. The summed E-state index contributed by atoms with van der Waals surface area (Å²) in [5, 5.41) is 2.90. The lowest BCUT2D eigenvalue weighted by molar-refractivity contribution is 1.06. The highest BCUT2D eigenvalue weighted by Gasteiger charge is 2.25. The summed E-state index contributed by atoms with van der Waals surface area (Å²) in [7, 11) is -0.378. The van der Waals surface area contributed by atoms with Gasteiger partial charge in [-0.1, -0.05) is 95.7 Å². The van der Waals surface area contributed by atoms with Gasteiger partial charge in [0.25, 0.3) is 0 Å². The first-order chi connectivity index (χ1) is 10.3. The average molecular weight is 357 g/mol. The molecule has 0 fully saturated rings. The van der Waals surface area contributed by atoms with Crippen molar-refractivity contribution < 1.29 is 0 Å². The van der Waals surface area contributed by atoms with Crippen LogP contribution in [0.1, 0.15) is 13.3 Å². The minimum Gasteiger partial charge on any atom is -0.0793 e. The summed E-state index contributed by atoms with van der Waals surface area (Å²) in [6.07, 6.45) is 5.51. The summed E-state index contributed by atoms with van der Waals surface area (Å²) < 4.78 is 1.27. The molecule has 106 valence electrons. The van der Waals surface area contributed by atoms with Crippen molar-refractivity contribution in [3.63, 3.8) is 0 Å². The van der Waals surface area contributed by atoms with E-state index in [1.165, 1.54) is 20.7 Å². The Morgan fingerprint density at radius 1 is 0.905 bits per heavy atom. The third kappa shape index (κ3) is 3.20. The van der Waals surface area contributed by atoms with E-state index < -0.39 is 0 Å². The quantitative estimate of drug-likeness (QED) is 0.667. The van der Waals surface area contributed by atoms with E-state index in [4.69, 9.17) is 0 Å². The normalized spacial score (nSPS) is 15.8. The van der Waals surface area contributed by atoms with Gasteiger partial charge in [0.1, 0.15) is 0 Å². The first kappa shape index (κ1) is 14.8. The van der Waals surface area contributed by atoms with Gasteiger partial charge in [0.15, 0.2) is 0 Å². The zero-order chi connectivity index (χ0) is 14.7. The van der Waals surface area contributed by atoms with Crippen LogP contribution in [-0.2, 0) is 0 Å². The van der Waals surface area contributed by atoms with Crippen LogP contribution in [-0.4, -0.2) is 5.66 Å². The lowest BCUT2D eigenvalue weighted by Gasteiger charge is -2.27. The number of halogens is 1. The molecule has 0 heterocycles. The van der Waals surface area contributed by atoms with E-state index in [9.17, 15) is 0 Å². The van der Waals surface area contributed by atoms with Crippen molar-refractivity contribution in [2.45, 2.75) is 19.0 Å². The predicted octanol–water partition coefficient (Wildman–Crippen LogP) is 5.12. The highest BCUT2D eigenvalue weighted by atomic mass is 79.9. The number of hydrogen-bond donors (Lipinski definition) is 0. The van der Waals surface area contributed by atoms with E-state index in [1.54, 1.807) is 0 Å². The minimum absolute atomic E-state index is 0.378. The number of benzene rings is 2. The molecule has 0 saturated carbocycles. The zero-order valence-corrected chi connectivity index (χ0v) is 14.5. The van der Waals surface area contributed by atoms with Crippen molar-refractivity contribution >= 4 is 34.5 Å². The lowest BCUT2D eigenvalue weighted by Crippen LogP contribution is -2.21. The van der Waals surface area contributed by atoms with Gasteiger partial charge in [-0.05, 0) is 30.5 Å². The van der Waals surface area contributed by atoms with Crippen LogP contribution in [0.2, 0.25) is 0 Å². The van der Waals surface area contributed by atoms with Crippen LogP contribution in [0.3, 0.4) is 0 Å². The van der Waals surface area contributed by atoms with Crippen LogP contribution in [0.4, 0.5) is 0 Å². The molecule has 0 spiro atoms. The van der Waals surface area contributed by atoms with E-state index in [-0.39, 0.29) is 7.92 Å². The van der Waals surface area contributed by atoms with Crippen LogP contribution in [0.5, 0.6) is 0 Å². The molecule has 1 aliphatic carbocycles. The smallest absolute Gasteiger partial charge is 0.0173 e. The van der Waals surface area contributed by atoms with E-state index in [2.05, 4.69) is 95.7 Å².